The first-order chi connectivity index (χ1) is 9.36. The third kappa shape index (κ3) is 2.00. The molecule has 1 saturated carbocycles. The Morgan fingerprint density at radius 2 is 2.00 bits per heavy atom. The number of nitrogens with zero attached hydrogens (tertiary/aromatic N) is 3. The van der Waals surface area contributed by atoms with Gasteiger partial charge in [-0.3, -0.25) is 0 Å². The minimum absolute atomic E-state index is 0.412. The van der Waals surface area contributed by atoms with E-state index in [1.54, 1.807) is 12.3 Å². The van der Waals surface area contributed by atoms with Gasteiger partial charge in [-0.05, 0) is 25.0 Å². The molecular weight excluding hydrogens is 238 g/mol. The molecule has 4 heteroatoms. The Morgan fingerprint density at radius 1 is 1.21 bits per heavy atom. The lowest BCUT2D eigenvalue weighted by Crippen LogP contribution is -2.21. The maximum absolute atomic E-state index is 10.8. The first-order valence-corrected chi connectivity index (χ1v) is 6.54. The minimum atomic E-state index is -0.412. The second kappa shape index (κ2) is 4.82. The predicted octanol–water partition coefficient (Wildman–Crippen LogP) is 2.98. The quantitative estimate of drug-likeness (QED) is 0.623. The third-order valence-corrected chi connectivity index (χ3v) is 3.85. The maximum Gasteiger partial charge on any atom is 0.235 e. The Morgan fingerprint density at radius 3 is 2.68 bits per heavy atom. The van der Waals surface area contributed by atoms with Crippen molar-refractivity contribution in [1.29, 1.82) is 0 Å². The first-order valence-electron chi connectivity index (χ1n) is 6.54. The number of benzene rings is 1. The standard InChI is InChI=1S/C15H15N3O/c19-12-16-15(8-3-4-9-15)13-6-1-2-7-14(13)18-11-5-10-17-18/h1-2,5-7,10-11H,3-4,8-9H2. The van der Waals surface area contributed by atoms with Crippen LogP contribution in [0.1, 0.15) is 31.2 Å². The van der Waals surface area contributed by atoms with Crippen LogP contribution in [0.25, 0.3) is 5.69 Å². The second-order valence-electron chi connectivity index (χ2n) is 4.91. The zero-order valence-corrected chi connectivity index (χ0v) is 10.6. The molecule has 1 heterocycles. The normalized spacial score (nSPS) is 17.1. The molecule has 2 aromatic rings. The van der Waals surface area contributed by atoms with E-state index in [2.05, 4.69) is 10.1 Å². The van der Waals surface area contributed by atoms with Gasteiger partial charge in [-0.2, -0.15) is 10.1 Å². The van der Waals surface area contributed by atoms with Crippen LogP contribution in [-0.2, 0) is 10.3 Å². The van der Waals surface area contributed by atoms with Crippen LogP contribution in [-0.4, -0.2) is 15.9 Å². The van der Waals surface area contributed by atoms with Crippen molar-refractivity contribution in [2.45, 2.75) is 31.2 Å². The molecule has 1 aromatic heterocycles. The number of para-hydroxylation sites is 1. The zero-order chi connectivity index (χ0) is 13.1. The van der Waals surface area contributed by atoms with Crippen molar-refractivity contribution in [3.8, 4) is 5.69 Å². The second-order valence-corrected chi connectivity index (χ2v) is 4.91. The number of carbonyl (C=O) groups excluding carboxylic acids is 1. The van der Waals surface area contributed by atoms with E-state index < -0.39 is 5.54 Å². The van der Waals surface area contributed by atoms with E-state index in [0.29, 0.717) is 0 Å². The van der Waals surface area contributed by atoms with Crippen LogP contribution in [0.5, 0.6) is 0 Å². The summed E-state index contributed by atoms with van der Waals surface area (Å²) >= 11 is 0. The summed E-state index contributed by atoms with van der Waals surface area (Å²) in [6.07, 6.45) is 9.43. The molecule has 4 nitrogen and oxygen atoms in total. The number of hydrogen-bond donors (Lipinski definition) is 0. The Bertz CT molecular complexity index is 606. The summed E-state index contributed by atoms with van der Waals surface area (Å²) in [4.78, 5) is 15.0. The van der Waals surface area contributed by atoms with Crippen molar-refractivity contribution >= 4 is 6.08 Å². The molecule has 0 atom stereocenters. The summed E-state index contributed by atoms with van der Waals surface area (Å²) in [5.41, 5.74) is 1.65. The lowest BCUT2D eigenvalue weighted by Gasteiger charge is -2.25. The summed E-state index contributed by atoms with van der Waals surface area (Å²) in [6.45, 7) is 0. The molecule has 0 spiro atoms. The van der Waals surface area contributed by atoms with Crippen LogP contribution < -0.4 is 0 Å². The van der Waals surface area contributed by atoms with Crippen molar-refractivity contribution in [2.75, 3.05) is 0 Å². The summed E-state index contributed by atoms with van der Waals surface area (Å²) in [5, 5.41) is 4.29. The molecule has 0 saturated heterocycles. The summed E-state index contributed by atoms with van der Waals surface area (Å²) in [6, 6.07) is 9.92. The molecule has 0 aliphatic heterocycles. The molecule has 0 unspecified atom stereocenters. The van der Waals surface area contributed by atoms with Gasteiger partial charge >= 0.3 is 0 Å². The van der Waals surface area contributed by atoms with E-state index in [9.17, 15) is 4.79 Å². The van der Waals surface area contributed by atoms with Crippen LogP contribution in [0.15, 0.2) is 47.7 Å². The molecule has 96 valence electrons. The monoisotopic (exact) mass is 253 g/mol. The number of aromatic nitrogens is 2. The zero-order valence-electron chi connectivity index (χ0n) is 10.6. The fourth-order valence-electron chi connectivity index (χ4n) is 2.97. The van der Waals surface area contributed by atoms with E-state index in [4.69, 9.17) is 0 Å². The number of aliphatic imine (C=N–C) groups is 1. The van der Waals surface area contributed by atoms with E-state index in [-0.39, 0.29) is 0 Å². The molecular formula is C15H15N3O. The van der Waals surface area contributed by atoms with Crippen molar-refractivity contribution in [3.63, 3.8) is 0 Å². The van der Waals surface area contributed by atoms with Crippen LogP contribution in [0.4, 0.5) is 0 Å². The molecule has 1 aliphatic rings. The van der Waals surface area contributed by atoms with E-state index in [0.717, 1.165) is 36.9 Å². The minimum Gasteiger partial charge on any atom is -0.241 e. The predicted molar refractivity (Wildman–Crippen MR) is 71.8 cm³/mol. The maximum atomic E-state index is 10.8. The van der Waals surface area contributed by atoms with Crippen molar-refractivity contribution in [2.24, 2.45) is 4.99 Å². The van der Waals surface area contributed by atoms with Crippen LogP contribution >= 0.6 is 0 Å². The number of isocyanates is 1. The number of rotatable bonds is 3. The fourth-order valence-corrected chi connectivity index (χ4v) is 2.97. The fraction of sp³-hybridized carbons (Fsp3) is 0.333. The van der Waals surface area contributed by atoms with Gasteiger partial charge in [0.25, 0.3) is 0 Å². The van der Waals surface area contributed by atoms with E-state index in [1.807, 2.05) is 41.2 Å². The largest absolute Gasteiger partial charge is 0.241 e. The lowest BCUT2D eigenvalue weighted by atomic mass is 9.87. The highest BCUT2D eigenvalue weighted by Crippen LogP contribution is 2.44. The van der Waals surface area contributed by atoms with E-state index in [1.165, 1.54) is 0 Å². The Kier molecular flexibility index (Phi) is 3.02. The Labute approximate surface area is 111 Å². The highest BCUT2D eigenvalue weighted by molar-refractivity contribution is 5.48. The molecule has 19 heavy (non-hydrogen) atoms. The summed E-state index contributed by atoms with van der Waals surface area (Å²) < 4.78 is 1.83. The van der Waals surface area contributed by atoms with Crippen molar-refractivity contribution in [1.82, 2.24) is 9.78 Å². The SMILES string of the molecule is O=C=NC1(c2ccccc2-n2cccn2)CCCC1. The molecule has 0 N–H and O–H groups in total. The molecule has 1 fully saturated rings. The Balaban J connectivity index is 2.17. The average Bonchev–Trinajstić information content (AvgIpc) is 3.11. The number of hydrogen-bond acceptors (Lipinski definition) is 3. The van der Waals surface area contributed by atoms with Gasteiger partial charge in [0.1, 0.15) is 5.54 Å². The smallest absolute Gasteiger partial charge is 0.235 e. The van der Waals surface area contributed by atoms with Crippen molar-refractivity contribution < 1.29 is 4.79 Å². The van der Waals surface area contributed by atoms with Gasteiger partial charge in [-0.25, -0.2) is 9.48 Å². The van der Waals surface area contributed by atoms with Gasteiger partial charge in [-0.1, -0.05) is 31.0 Å². The lowest BCUT2D eigenvalue weighted by molar-refractivity contribution is 0.453. The van der Waals surface area contributed by atoms with Gasteiger partial charge < -0.3 is 0 Å². The molecule has 1 aliphatic carbocycles. The molecule has 1 aromatic carbocycles. The van der Waals surface area contributed by atoms with Gasteiger partial charge in [0.2, 0.25) is 6.08 Å². The van der Waals surface area contributed by atoms with Crippen molar-refractivity contribution in [3.05, 3.63) is 48.3 Å². The molecule has 0 amide bonds. The van der Waals surface area contributed by atoms with Crippen LogP contribution in [0, 0.1) is 0 Å². The van der Waals surface area contributed by atoms with E-state index >= 15 is 0 Å². The Hall–Kier alpha value is -2.19. The molecule has 0 bridgehead atoms. The third-order valence-electron chi connectivity index (χ3n) is 3.85. The highest BCUT2D eigenvalue weighted by atomic mass is 16.1. The average molecular weight is 253 g/mol. The highest BCUT2D eigenvalue weighted by Gasteiger charge is 2.37. The van der Waals surface area contributed by atoms with Crippen LogP contribution in [0.2, 0.25) is 0 Å². The summed E-state index contributed by atoms with van der Waals surface area (Å²) in [7, 11) is 0. The topological polar surface area (TPSA) is 47.2 Å². The first kappa shape index (κ1) is 11.9. The van der Waals surface area contributed by atoms with Gasteiger partial charge in [0.05, 0.1) is 5.69 Å². The molecule has 0 radical (unpaired) electrons. The van der Waals surface area contributed by atoms with Gasteiger partial charge in [0.15, 0.2) is 0 Å². The van der Waals surface area contributed by atoms with Gasteiger partial charge in [-0.15, -0.1) is 0 Å². The van der Waals surface area contributed by atoms with Gasteiger partial charge in [0, 0.05) is 18.0 Å². The summed E-state index contributed by atoms with van der Waals surface area (Å²) in [5.74, 6) is 0. The van der Waals surface area contributed by atoms with Crippen LogP contribution in [0.3, 0.4) is 0 Å². The molecule has 3 rings (SSSR count).